The Hall–Kier alpha value is -0.400. The van der Waals surface area contributed by atoms with E-state index in [9.17, 15) is 17.6 Å². The van der Waals surface area contributed by atoms with Crippen LogP contribution in [0, 0.1) is 0 Å². The Balaban J connectivity index is 3.27. The molecule has 0 spiro atoms. The third kappa shape index (κ3) is 7.84. The minimum Gasteiger partial charge on any atom is -0.380 e. The lowest BCUT2D eigenvalue weighted by Crippen LogP contribution is -2.34. The van der Waals surface area contributed by atoms with Crippen LogP contribution in [0.4, 0.5) is 17.6 Å². The zero-order valence-electron chi connectivity index (χ0n) is 9.15. The maximum atomic E-state index is 12.3. The summed E-state index contributed by atoms with van der Waals surface area (Å²) < 4.78 is 57.4. The number of nitrogens with one attached hydrogen (secondary N) is 1. The van der Waals surface area contributed by atoms with Crippen molar-refractivity contribution in [1.29, 1.82) is 0 Å². The van der Waals surface area contributed by atoms with Crippen LogP contribution in [0.5, 0.6) is 0 Å². The van der Waals surface area contributed by atoms with Crippen LogP contribution < -0.4 is 5.32 Å². The molecule has 16 heavy (non-hydrogen) atoms. The van der Waals surface area contributed by atoms with E-state index in [1.54, 1.807) is 0 Å². The summed E-state index contributed by atoms with van der Waals surface area (Å²) in [6.45, 7) is 2.60. The first-order valence-electron chi connectivity index (χ1n) is 5.03. The van der Waals surface area contributed by atoms with E-state index in [0.29, 0.717) is 26.3 Å². The fourth-order valence-electron chi connectivity index (χ4n) is 0.829. The minimum atomic E-state index is -4.06. The van der Waals surface area contributed by atoms with Crippen LogP contribution in [0.25, 0.3) is 0 Å². The van der Waals surface area contributed by atoms with E-state index in [4.69, 9.17) is 4.74 Å². The highest BCUT2D eigenvalue weighted by Crippen LogP contribution is 2.22. The summed E-state index contributed by atoms with van der Waals surface area (Å²) in [5.74, 6) is -4.06. The van der Waals surface area contributed by atoms with Gasteiger partial charge in [0.25, 0.3) is 0 Å². The van der Waals surface area contributed by atoms with Gasteiger partial charge in [0.05, 0.1) is 13.2 Å². The Bertz CT molecular complexity index is 170. The highest BCUT2D eigenvalue weighted by atomic mass is 19.3. The fourth-order valence-corrected chi connectivity index (χ4v) is 0.829. The Labute approximate surface area is 92.1 Å². The molecular formula is C9H17F4NO2. The predicted octanol–water partition coefficient (Wildman–Crippen LogP) is 1.53. The SMILES string of the molecule is CCOCCNCCOCC(F)(F)C(F)F. The van der Waals surface area contributed by atoms with Crippen molar-refractivity contribution in [3.05, 3.63) is 0 Å². The van der Waals surface area contributed by atoms with Crippen molar-refractivity contribution in [1.82, 2.24) is 5.32 Å². The molecule has 0 aliphatic heterocycles. The average molecular weight is 247 g/mol. The summed E-state index contributed by atoms with van der Waals surface area (Å²) in [7, 11) is 0. The zero-order valence-corrected chi connectivity index (χ0v) is 9.15. The first-order valence-corrected chi connectivity index (χ1v) is 5.03. The normalized spacial score (nSPS) is 12.4. The molecule has 0 rings (SSSR count). The van der Waals surface area contributed by atoms with Gasteiger partial charge in [0, 0.05) is 19.7 Å². The van der Waals surface area contributed by atoms with E-state index >= 15 is 0 Å². The lowest BCUT2D eigenvalue weighted by molar-refractivity contribution is -0.165. The summed E-state index contributed by atoms with van der Waals surface area (Å²) in [6, 6.07) is 0. The molecule has 3 nitrogen and oxygen atoms in total. The highest BCUT2D eigenvalue weighted by molar-refractivity contribution is 4.67. The van der Waals surface area contributed by atoms with Crippen molar-refractivity contribution in [3.63, 3.8) is 0 Å². The lowest BCUT2D eigenvalue weighted by atomic mass is 10.4. The van der Waals surface area contributed by atoms with Crippen molar-refractivity contribution in [2.45, 2.75) is 19.3 Å². The third-order valence-corrected chi connectivity index (χ3v) is 1.66. The number of hydrogen-bond donors (Lipinski definition) is 1. The Morgan fingerprint density at radius 1 is 1.12 bits per heavy atom. The molecule has 0 heterocycles. The van der Waals surface area contributed by atoms with Crippen LogP contribution >= 0.6 is 0 Å². The lowest BCUT2D eigenvalue weighted by Gasteiger charge is -2.15. The molecule has 0 aromatic heterocycles. The third-order valence-electron chi connectivity index (χ3n) is 1.66. The number of ether oxygens (including phenoxy) is 2. The smallest absolute Gasteiger partial charge is 0.330 e. The van der Waals surface area contributed by atoms with Gasteiger partial charge in [-0.3, -0.25) is 0 Å². The molecule has 0 aliphatic rings. The molecule has 0 aliphatic carbocycles. The van der Waals surface area contributed by atoms with Gasteiger partial charge in [0.1, 0.15) is 6.61 Å². The predicted molar refractivity (Wildman–Crippen MR) is 51.1 cm³/mol. The molecular weight excluding hydrogens is 230 g/mol. The molecule has 0 aromatic carbocycles. The summed E-state index contributed by atoms with van der Waals surface area (Å²) in [5, 5.41) is 2.85. The second-order valence-electron chi connectivity index (χ2n) is 3.06. The van der Waals surface area contributed by atoms with Gasteiger partial charge in [-0.05, 0) is 6.92 Å². The van der Waals surface area contributed by atoms with Gasteiger partial charge in [-0.1, -0.05) is 0 Å². The molecule has 0 saturated heterocycles. The first kappa shape index (κ1) is 15.6. The number of halogens is 4. The summed E-state index contributed by atoms with van der Waals surface area (Å²) >= 11 is 0. The fraction of sp³-hybridized carbons (Fsp3) is 1.00. The van der Waals surface area contributed by atoms with Crippen LogP contribution in [0.1, 0.15) is 6.92 Å². The van der Waals surface area contributed by atoms with E-state index in [2.05, 4.69) is 10.1 Å². The van der Waals surface area contributed by atoms with Gasteiger partial charge in [0.2, 0.25) is 0 Å². The van der Waals surface area contributed by atoms with Gasteiger partial charge >= 0.3 is 12.3 Å². The molecule has 7 heteroatoms. The number of alkyl halides is 4. The quantitative estimate of drug-likeness (QED) is 0.469. The number of hydrogen-bond acceptors (Lipinski definition) is 3. The van der Waals surface area contributed by atoms with Crippen LogP contribution in [-0.2, 0) is 9.47 Å². The minimum absolute atomic E-state index is 0.0333. The van der Waals surface area contributed by atoms with E-state index in [0.717, 1.165) is 0 Å². The van der Waals surface area contributed by atoms with E-state index in [1.807, 2.05) is 6.92 Å². The molecule has 98 valence electrons. The average Bonchev–Trinajstić information content (AvgIpc) is 2.21. The first-order chi connectivity index (χ1) is 7.50. The van der Waals surface area contributed by atoms with Crippen molar-refractivity contribution in [2.24, 2.45) is 0 Å². The molecule has 1 N–H and O–H groups in total. The van der Waals surface area contributed by atoms with Crippen LogP contribution in [0.15, 0.2) is 0 Å². The van der Waals surface area contributed by atoms with Gasteiger partial charge < -0.3 is 14.8 Å². The molecule has 0 bridgehead atoms. The maximum Gasteiger partial charge on any atom is 0.330 e. The van der Waals surface area contributed by atoms with Crippen LogP contribution in [-0.4, -0.2) is 51.9 Å². The largest absolute Gasteiger partial charge is 0.380 e. The van der Waals surface area contributed by atoms with Crippen molar-refractivity contribution < 1.29 is 27.0 Å². The molecule has 0 fully saturated rings. The summed E-state index contributed by atoms with van der Waals surface area (Å²) in [6.07, 6.45) is -3.68. The topological polar surface area (TPSA) is 30.5 Å². The maximum absolute atomic E-state index is 12.3. The molecule has 0 amide bonds. The standard InChI is InChI=1S/C9H17F4NO2/c1-2-15-5-3-14-4-6-16-7-9(12,13)8(10)11/h8,14H,2-7H2,1H3. The molecule has 0 saturated carbocycles. The Kier molecular flexibility index (Phi) is 8.50. The second-order valence-corrected chi connectivity index (χ2v) is 3.06. The molecule has 0 aromatic rings. The Morgan fingerprint density at radius 3 is 2.19 bits per heavy atom. The van der Waals surface area contributed by atoms with E-state index in [-0.39, 0.29) is 6.61 Å². The van der Waals surface area contributed by atoms with Gasteiger partial charge in [0.15, 0.2) is 0 Å². The van der Waals surface area contributed by atoms with Crippen LogP contribution in [0.2, 0.25) is 0 Å². The Morgan fingerprint density at radius 2 is 1.69 bits per heavy atom. The molecule has 0 unspecified atom stereocenters. The zero-order chi connectivity index (χ0) is 12.4. The van der Waals surface area contributed by atoms with E-state index < -0.39 is 19.0 Å². The van der Waals surface area contributed by atoms with E-state index in [1.165, 1.54) is 0 Å². The highest BCUT2D eigenvalue weighted by Gasteiger charge is 2.40. The van der Waals surface area contributed by atoms with Crippen molar-refractivity contribution in [2.75, 3.05) is 39.5 Å². The summed E-state index contributed by atoms with van der Waals surface area (Å²) in [4.78, 5) is 0. The summed E-state index contributed by atoms with van der Waals surface area (Å²) in [5.41, 5.74) is 0. The monoisotopic (exact) mass is 247 g/mol. The second kappa shape index (κ2) is 8.72. The van der Waals surface area contributed by atoms with Gasteiger partial charge in [-0.15, -0.1) is 0 Å². The van der Waals surface area contributed by atoms with Gasteiger partial charge in [-0.25, -0.2) is 8.78 Å². The molecule has 0 atom stereocenters. The van der Waals surface area contributed by atoms with Crippen molar-refractivity contribution in [3.8, 4) is 0 Å². The number of rotatable bonds is 10. The van der Waals surface area contributed by atoms with Gasteiger partial charge in [-0.2, -0.15) is 8.78 Å². The molecule has 0 radical (unpaired) electrons. The van der Waals surface area contributed by atoms with Crippen molar-refractivity contribution >= 4 is 0 Å². The van der Waals surface area contributed by atoms with Crippen LogP contribution in [0.3, 0.4) is 0 Å².